The van der Waals surface area contributed by atoms with Gasteiger partial charge in [0.25, 0.3) is 0 Å². The average Bonchev–Trinajstić information content (AvgIpc) is 2.16. The summed E-state index contributed by atoms with van der Waals surface area (Å²) in [6.07, 6.45) is -10.6. The molecule has 1 rings (SSSR count). The molecule has 0 radical (unpaired) electrons. The first-order valence-corrected chi connectivity index (χ1v) is 4.25. The second-order valence-electron chi connectivity index (χ2n) is 3.08. The number of alkyl halides is 6. The first-order valence-electron chi connectivity index (χ1n) is 4.25. The Bertz CT molecular complexity index is 558. The summed E-state index contributed by atoms with van der Waals surface area (Å²) in [6, 6.07) is 0. The Morgan fingerprint density at radius 3 is 2.11 bits per heavy atom. The number of aromatic carboxylic acids is 1. The second kappa shape index (κ2) is 4.48. The van der Waals surface area contributed by atoms with Gasteiger partial charge in [-0.1, -0.05) is 0 Å². The third kappa shape index (κ3) is 3.39. The molecule has 0 bridgehead atoms. The summed E-state index contributed by atoms with van der Waals surface area (Å²) >= 11 is 0. The van der Waals surface area contributed by atoms with Crippen molar-refractivity contribution in [3.05, 3.63) is 27.7 Å². The van der Waals surface area contributed by atoms with Crippen LogP contribution in [0.25, 0.3) is 0 Å². The number of hydrogen-bond donors (Lipinski definition) is 2. The van der Waals surface area contributed by atoms with Crippen molar-refractivity contribution >= 4 is 5.97 Å². The topological polar surface area (TPSA) is 79.4 Å². The van der Waals surface area contributed by atoms with Crippen LogP contribution >= 0.6 is 0 Å². The van der Waals surface area contributed by atoms with Gasteiger partial charge in [-0.3, -0.25) is 4.79 Å². The van der Waals surface area contributed by atoms with Crippen LogP contribution in [0.4, 0.5) is 26.3 Å². The van der Waals surface area contributed by atoms with Crippen LogP contribution < -0.4 is 10.2 Å². The molecule has 0 amide bonds. The van der Waals surface area contributed by atoms with Crippen molar-refractivity contribution in [1.29, 1.82) is 0 Å². The molecule has 0 aliphatic heterocycles. The number of nitrogens with one attached hydrogen (secondary N) is 1. The molecule has 1 aromatic heterocycles. The predicted molar refractivity (Wildman–Crippen MR) is 45.7 cm³/mol. The first-order chi connectivity index (χ1) is 8.43. The van der Waals surface area contributed by atoms with Crippen molar-refractivity contribution in [3.63, 3.8) is 0 Å². The number of carbonyl (C=O) groups is 1. The van der Waals surface area contributed by atoms with Crippen molar-refractivity contribution in [2.75, 3.05) is 0 Å². The fourth-order valence-electron chi connectivity index (χ4n) is 1.14. The Kier molecular flexibility index (Phi) is 3.50. The van der Waals surface area contributed by atoms with Crippen LogP contribution in [0.2, 0.25) is 0 Å². The van der Waals surface area contributed by atoms with E-state index >= 15 is 0 Å². The quantitative estimate of drug-likeness (QED) is 0.817. The van der Waals surface area contributed by atoms with E-state index in [0.29, 0.717) is 0 Å². The number of carboxylic acids is 1. The highest BCUT2D eigenvalue weighted by Gasteiger charge is 2.40. The Morgan fingerprint density at radius 1 is 1.21 bits per heavy atom. The normalized spacial score (nSPS) is 12.3. The summed E-state index contributed by atoms with van der Waals surface area (Å²) in [5.74, 6) is -3.93. The van der Waals surface area contributed by atoms with Crippen LogP contribution in [-0.2, 0) is 6.18 Å². The molecule has 0 spiro atoms. The molecule has 0 fully saturated rings. The fraction of sp³-hybridized carbons (Fsp3) is 0.250. The molecule has 0 aliphatic carbocycles. The van der Waals surface area contributed by atoms with Crippen molar-refractivity contribution in [3.8, 4) is 5.75 Å². The van der Waals surface area contributed by atoms with Gasteiger partial charge in [-0.2, -0.15) is 13.2 Å². The standard InChI is InChI=1S/C8H3F6NO4/c9-7(10,11)5-3(6(17)18)4(16)2(1-15-5)19-8(12,13)14/h1H,(H,15,16)(H,17,18). The SMILES string of the molecule is O=C(O)c1c(C(F)(F)F)[nH]cc(OC(F)(F)F)c1=O. The fourth-order valence-corrected chi connectivity index (χ4v) is 1.14. The predicted octanol–water partition coefficient (Wildman–Crippen LogP) is 1.99. The lowest BCUT2D eigenvalue weighted by Gasteiger charge is -2.12. The van der Waals surface area contributed by atoms with Gasteiger partial charge in [0.1, 0.15) is 11.3 Å². The molecular formula is C8H3F6NO4. The average molecular weight is 291 g/mol. The summed E-state index contributed by atoms with van der Waals surface area (Å²) in [6.45, 7) is 0. The molecule has 0 saturated carbocycles. The smallest absolute Gasteiger partial charge is 0.477 e. The lowest BCUT2D eigenvalue weighted by molar-refractivity contribution is -0.275. The molecule has 11 heteroatoms. The maximum absolute atomic E-state index is 12.4. The van der Waals surface area contributed by atoms with Gasteiger partial charge >= 0.3 is 18.5 Å². The molecule has 5 nitrogen and oxygen atoms in total. The molecule has 0 aromatic carbocycles. The molecule has 1 heterocycles. The van der Waals surface area contributed by atoms with E-state index in [-0.39, 0.29) is 6.20 Å². The number of aromatic nitrogens is 1. The Labute approximate surface area is 99.0 Å². The first kappa shape index (κ1) is 14.9. The zero-order valence-corrected chi connectivity index (χ0v) is 8.52. The number of pyridine rings is 1. The molecule has 0 atom stereocenters. The van der Waals surface area contributed by atoms with Crippen LogP contribution in [0.1, 0.15) is 16.1 Å². The summed E-state index contributed by atoms with van der Waals surface area (Å²) in [5.41, 5.74) is -5.88. The molecule has 1 aromatic rings. The van der Waals surface area contributed by atoms with E-state index in [1.165, 1.54) is 4.98 Å². The highest BCUT2D eigenvalue weighted by atomic mass is 19.4. The van der Waals surface area contributed by atoms with Crippen LogP contribution in [0.3, 0.4) is 0 Å². The minimum atomic E-state index is -5.34. The van der Waals surface area contributed by atoms with E-state index in [4.69, 9.17) is 5.11 Å². The van der Waals surface area contributed by atoms with Gasteiger partial charge in [0, 0.05) is 6.20 Å². The van der Waals surface area contributed by atoms with Gasteiger partial charge < -0.3 is 14.8 Å². The van der Waals surface area contributed by atoms with Crippen LogP contribution in [-0.4, -0.2) is 22.4 Å². The Balaban J connectivity index is 3.50. The summed E-state index contributed by atoms with van der Waals surface area (Å²) in [4.78, 5) is 23.0. The maximum Gasteiger partial charge on any atom is 0.573 e. The number of ether oxygens (including phenoxy) is 1. The monoisotopic (exact) mass is 291 g/mol. The Hall–Kier alpha value is -2.20. The highest BCUT2D eigenvalue weighted by Crippen LogP contribution is 2.30. The van der Waals surface area contributed by atoms with Crippen LogP contribution in [0, 0.1) is 0 Å². The van der Waals surface area contributed by atoms with Crippen molar-refractivity contribution in [1.82, 2.24) is 4.98 Å². The van der Waals surface area contributed by atoms with Gasteiger partial charge in [0.15, 0.2) is 5.75 Å². The molecule has 0 aliphatic rings. The largest absolute Gasteiger partial charge is 0.573 e. The van der Waals surface area contributed by atoms with E-state index in [2.05, 4.69) is 4.74 Å². The zero-order chi connectivity index (χ0) is 15.0. The lowest BCUT2D eigenvalue weighted by atomic mass is 10.1. The molecule has 19 heavy (non-hydrogen) atoms. The van der Waals surface area contributed by atoms with E-state index in [9.17, 15) is 35.9 Å². The molecular weight excluding hydrogens is 288 g/mol. The van der Waals surface area contributed by atoms with Gasteiger partial charge in [0.05, 0.1) is 0 Å². The highest BCUT2D eigenvalue weighted by molar-refractivity contribution is 5.89. The minimum absolute atomic E-state index is 0.00884. The number of rotatable bonds is 2. The van der Waals surface area contributed by atoms with Crippen LogP contribution in [0.5, 0.6) is 5.75 Å². The number of halogens is 6. The second-order valence-corrected chi connectivity index (χ2v) is 3.08. The van der Waals surface area contributed by atoms with Crippen molar-refractivity contribution in [2.45, 2.75) is 12.5 Å². The number of H-pyrrole nitrogens is 1. The van der Waals surface area contributed by atoms with Crippen LogP contribution in [0.15, 0.2) is 11.0 Å². The van der Waals surface area contributed by atoms with Gasteiger partial charge in [-0.15, -0.1) is 13.2 Å². The molecule has 0 saturated heterocycles. The number of carboxylic acid groups (broad SMARTS) is 1. The molecule has 2 N–H and O–H groups in total. The lowest BCUT2D eigenvalue weighted by Crippen LogP contribution is -2.28. The Morgan fingerprint density at radius 2 is 1.74 bits per heavy atom. The van der Waals surface area contributed by atoms with E-state index < -0.39 is 40.9 Å². The van der Waals surface area contributed by atoms with E-state index in [1.807, 2.05) is 0 Å². The third-order valence-electron chi connectivity index (χ3n) is 1.77. The molecule has 0 unspecified atom stereocenters. The minimum Gasteiger partial charge on any atom is -0.477 e. The van der Waals surface area contributed by atoms with Gasteiger partial charge in [-0.25, -0.2) is 4.79 Å². The van der Waals surface area contributed by atoms with E-state index in [1.54, 1.807) is 0 Å². The summed E-state index contributed by atoms with van der Waals surface area (Å²) in [7, 11) is 0. The molecule has 106 valence electrons. The zero-order valence-electron chi connectivity index (χ0n) is 8.52. The number of hydrogen-bond acceptors (Lipinski definition) is 3. The van der Waals surface area contributed by atoms with Gasteiger partial charge in [-0.05, 0) is 0 Å². The summed E-state index contributed by atoms with van der Waals surface area (Å²) < 4.78 is 75.7. The maximum atomic E-state index is 12.4. The van der Waals surface area contributed by atoms with Crippen molar-refractivity contribution in [2.24, 2.45) is 0 Å². The number of aromatic amines is 1. The van der Waals surface area contributed by atoms with Crippen molar-refractivity contribution < 1.29 is 41.0 Å². The van der Waals surface area contributed by atoms with Gasteiger partial charge in [0.2, 0.25) is 5.43 Å². The van der Waals surface area contributed by atoms with E-state index in [0.717, 1.165) is 0 Å². The summed E-state index contributed by atoms with van der Waals surface area (Å²) in [5, 5.41) is 8.48. The third-order valence-corrected chi connectivity index (χ3v) is 1.77.